The summed E-state index contributed by atoms with van der Waals surface area (Å²) in [6.07, 6.45) is 3.51. The standard InChI is InChI=1S/C13H17N3O2S/c1-13(18,7-19-2)6-14-12(17)9-3-4-10-11(5-9)16-8-15-10/h3-5,8,18H,6-7H2,1-2H3,(H,14,17)(H,15,16). The van der Waals surface area contributed by atoms with Crippen molar-refractivity contribution in [1.82, 2.24) is 15.3 Å². The molecule has 0 aliphatic carbocycles. The number of fused-ring (bicyclic) bond motifs is 1. The number of aliphatic hydroxyl groups is 1. The Hall–Kier alpha value is -1.53. The first-order valence-electron chi connectivity index (χ1n) is 5.94. The summed E-state index contributed by atoms with van der Waals surface area (Å²) in [4.78, 5) is 19.1. The van der Waals surface area contributed by atoms with Crippen LogP contribution in [0.15, 0.2) is 24.5 Å². The second-order valence-electron chi connectivity index (χ2n) is 4.75. The van der Waals surface area contributed by atoms with Gasteiger partial charge >= 0.3 is 0 Å². The number of carbonyl (C=O) groups excluding carboxylic acids is 1. The van der Waals surface area contributed by atoms with E-state index in [0.717, 1.165) is 11.0 Å². The molecule has 0 spiro atoms. The van der Waals surface area contributed by atoms with Crippen molar-refractivity contribution in [3.63, 3.8) is 0 Å². The third-order valence-electron chi connectivity index (χ3n) is 2.77. The Kier molecular flexibility index (Phi) is 4.11. The van der Waals surface area contributed by atoms with Crippen molar-refractivity contribution in [2.24, 2.45) is 0 Å². The van der Waals surface area contributed by atoms with E-state index in [4.69, 9.17) is 0 Å². The maximum atomic E-state index is 12.0. The van der Waals surface area contributed by atoms with Gasteiger partial charge in [-0.2, -0.15) is 11.8 Å². The van der Waals surface area contributed by atoms with Crippen molar-refractivity contribution in [3.8, 4) is 0 Å². The van der Waals surface area contributed by atoms with Gasteiger partial charge in [-0.3, -0.25) is 4.79 Å². The molecule has 5 nitrogen and oxygen atoms in total. The van der Waals surface area contributed by atoms with E-state index in [1.807, 2.05) is 6.26 Å². The van der Waals surface area contributed by atoms with Crippen LogP contribution in [-0.2, 0) is 0 Å². The van der Waals surface area contributed by atoms with E-state index in [1.165, 1.54) is 0 Å². The molecular formula is C13H17N3O2S. The average Bonchev–Trinajstić information content (AvgIpc) is 2.83. The number of hydrogen-bond donors (Lipinski definition) is 3. The monoisotopic (exact) mass is 279 g/mol. The molecule has 0 radical (unpaired) electrons. The zero-order chi connectivity index (χ0) is 13.9. The predicted molar refractivity (Wildman–Crippen MR) is 77.4 cm³/mol. The van der Waals surface area contributed by atoms with Crippen LogP contribution in [-0.4, -0.2) is 45.1 Å². The van der Waals surface area contributed by atoms with Crippen LogP contribution in [0.5, 0.6) is 0 Å². The Morgan fingerprint density at radius 3 is 3.11 bits per heavy atom. The first-order chi connectivity index (χ1) is 9.02. The summed E-state index contributed by atoms with van der Waals surface area (Å²) in [6, 6.07) is 5.27. The molecule has 1 aromatic carbocycles. The molecule has 1 amide bonds. The summed E-state index contributed by atoms with van der Waals surface area (Å²) in [5, 5.41) is 12.7. The summed E-state index contributed by atoms with van der Waals surface area (Å²) in [7, 11) is 0. The van der Waals surface area contributed by atoms with E-state index in [0.29, 0.717) is 11.3 Å². The van der Waals surface area contributed by atoms with Crippen molar-refractivity contribution >= 4 is 28.7 Å². The molecule has 102 valence electrons. The molecule has 2 rings (SSSR count). The van der Waals surface area contributed by atoms with Gasteiger partial charge in [0.05, 0.1) is 23.0 Å². The molecule has 0 saturated carbocycles. The molecule has 0 aliphatic rings. The number of aromatic amines is 1. The first-order valence-corrected chi connectivity index (χ1v) is 7.34. The largest absolute Gasteiger partial charge is 0.387 e. The first kappa shape index (κ1) is 13.9. The second-order valence-corrected chi connectivity index (χ2v) is 5.61. The predicted octanol–water partition coefficient (Wildman–Crippen LogP) is 1.41. The zero-order valence-electron chi connectivity index (χ0n) is 10.9. The van der Waals surface area contributed by atoms with Crippen LogP contribution in [0, 0.1) is 0 Å². The number of nitrogens with zero attached hydrogens (tertiary/aromatic N) is 1. The number of carbonyl (C=O) groups is 1. The molecule has 1 aromatic heterocycles. The third-order valence-corrected chi connectivity index (χ3v) is 3.68. The Morgan fingerprint density at radius 2 is 2.37 bits per heavy atom. The molecule has 6 heteroatoms. The lowest BCUT2D eigenvalue weighted by Crippen LogP contribution is -2.42. The maximum absolute atomic E-state index is 12.0. The van der Waals surface area contributed by atoms with Gasteiger partial charge in [-0.1, -0.05) is 0 Å². The van der Waals surface area contributed by atoms with Crippen LogP contribution in [0.25, 0.3) is 11.0 Å². The zero-order valence-corrected chi connectivity index (χ0v) is 11.8. The van der Waals surface area contributed by atoms with Crippen molar-refractivity contribution < 1.29 is 9.90 Å². The van der Waals surface area contributed by atoms with Crippen molar-refractivity contribution in [3.05, 3.63) is 30.1 Å². The van der Waals surface area contributed by atoms with Crippen LogP contribution < -0.4 is 5.32 Å². The highest BCUT2D eigenvalue weighted by Crippen LogP contribution is 2.12. The van der Waals surface area contributed by atoms with Gasteiger partial charge in [-0.15, -0.1) is 0 Å². The Labute approximate surface area is 115 Å². The minimum absolute atomic E-state index is 0.196. The molecule has 1 atom stereocenters. The molecule has 19 heavy (non-hydrogen) atoms. The molecular weight excluding hydrogens is 262 g/mol. The topological polar surface area (TPSA) is 78.0 Å². The summed E-state index contributed by atoms with van der Waals surface area (Å²) in [5.41, 5.74) is 1.30. The van der Waals surface area contributed by atoms with Gasteiger partial charge in [-0.05, 0) is 31.4 Å². The van der Waals surface area contributed by atoms with E-state index in [1.54, 1.807) is 43.2 Å². The minimum Gasteiger partial charge on any atom is -0.387 e. The van der Waals surface area contributed by atoms with Crippen LogP contribution >= 0.6 is 11.8 Å². The number of H-pyrrole nitrogens is 1. The fourth-order valence-electron chi connectivity index (χ4n) is 1.81. The lowest BCUT2D eigenvalue weighted by molar-refractivity contribution is 0.0725. The van der Waals surface area contributed by atoms with E-state index in [-0.39, 0.29) is 12.5 Å². The third kappa shape index (κ3) is 3.48. The lowest BCUT2D eigenvalue weighted by atomic mass is 10.1. The Morgan fingerprint density at radius 1 is 1.58 bits per heavy atom. The number of hydrogen-bond acceptors (Lipinski definition) is 4. The smallest absolute Gasteiger partial charge is 0.251 e. The molecule has 0 saturated heterocycles. The molecule has 2 aromatic rings. The van der Waals surface area contributed by atoms with Crippen molar-refractivity contribution in [2.75, 3.05) is 18.6 Å². The molecule has 3 N–H and O–H groups in total. The van der Waals surface area contributed by atoms with E-state index < -0.39 is 5.60 Å². The van der Waals surface area contributed by atoms with Gasteiger partial charge in [0.2, 0.25) is 0 Å². The van der Waals surface area contributed by atoms with E-state index in [2.05, 4.69) is 15.3 Å². The van der Waals surface area contributed by atoms with Gasteiger partial charge in [-0.25, -0.2) is 4.98 Å². The number of nitrogens with one attached hydrogen (secondary N) is 2. The van der Waals surface area contributed by atoms with Crippen LogP contribution in [0.2, 0.25) is 0 Å². The molecule has 1 unspecified atom stereocenters. The second kappa shape index (κ2) is 5.63. The number of imidazole rings is 1. The summed E-state index contributed by atoms with van der Waals surface area (Å²) in [5.74, 6) is 0.380. The lowest BCUT2D eigenvalue weighted by Gasteiger charge is -2.22. The highest BCUT2D eigenvalue weighted by Gasteiger charge is 2.20. The van der Waals surface area contributed by atoms with Gasteiger partial charge in [0.25, 0.3) is 5.91 Å². The molecule has 1 heterocycles. The number of aromatic nitrogens is 2. The Balaban J connectivity index is 2.03. The highest BCUT2D eigenvalue weighted by atomic mass is 32.2. The van der Waals surface area contributed by atoms with Crippen LogP contribution in [0.4, 0.5) is 0 Å². The molecule has 0 bridgehead atoms. The van der Waals surface area contributed by atoms with Gasteiger partial charge in [0.1, 0.15) is 0 Å². The number of amides is 1. The fourth-order valence-corrected chi connectivity index (χ4v) is 2.54. The molecule has 0 aliphatic heterocycles. The number of benzene rings is 1. The van der Waals surface area contributed by atoms with E-state index in [9.17, 15) is 9.90 Å². The van der Waals surface area contributed by atoms with Gasteiger partial charge in [0.15, 0.2) is 0 Å². The fraction of sp³-hybridized carbons (Fsp3) is 0.385. The van der Waals surface area contributed by atoms with Crippen molar-refractivity contribution in [2.45, 2.75) is 12.5 Å². The van der Waals surface area contributed by atoms with Gasteiger partial charge in [0, 0.05) is 17.9 Å². The average molecular weight is 279 g/mol. The van der Waals surface area contributed by atoms with Crippen molar-refractivity contribution in [1.29, 1.82) is 0 Å². The van der Waals surface area contributed by atoms with Gasteiger partial charge < -0.3 is 15.4 Å². The minimum atomic E-state index is -0.896. The summed E-state index contributed by atoms with van der Waals surface area (Å²) >= 11 is 1.54. The summed E-state index contributed by atoms with van der Waals surface area (Å²) in [6.45, 7) is 1.94. The quantitative estimate of drug-likeness (QED) is 0.773. The summed E-state index contributed by atoms with van der Waals surface area (Å²) < 4.78 is 0. The van der Waals surface area contributed by atoms with E-state index >= 15 is 0 Å². The highest BCUT2D eigenvalue weighted by molar-refractivity contribution is 7.98. The normalized spacial score (nSPS) is 14.3. The maximum Gasteiger partial charge on any atom is 0.251 e. The Bertz CT molecular complexity index is 580. The molecule has 0 fully saturated rings. The number of thioether (sulfide) groups is 1. The van der Waals surface area contributed by atoms with Crippen LogP contribution in [0.3, 0.4) is 0 Å². The van der Waals surface area contributed by atoms with Crippen LogP contribution in [0.1, 0.15) is 17.3 Å². The number of rotatable bonds is 5. The SMILES string of the molecule is CSCC(C)(O)CNC(=O)c1ccc2nc[nH]c2c1.